The number of nitro benzene ring substituents is 1. The fraction of sp³-hybridized carbons (Fsp3) is 0.182. The Hall–Kier alpha value is -4.92. The lowest BCUT2D eigenvalue weighted by Crippen LogP contribution is -2.18. The van der Waals surface area contributed by atoms with Crippen LogP contribution in [0.5, 0.6) is 17.2 Å². The van der Waals surface area contributed by atoms with Gasteiger partial charge in [-0.3, -0.25) is 14.9 Å². The average molecular weight is 463 g/mol. The molecule has 0 unspecified atom stereocenters. The molecule has 12 heteroatoms. The third-order valence-electron chi connectivity index (χ3n) is 4.60. The minimum Gasteiger partial charge on any atom is -0.486 e. The highest BCUT2D eigenvalue weighted by Gasteiger charge is 2.24. The molecule has 172 valence electrons. The lowest BCUT2D eigenvalue weighted by molar-refractivity contribution is -0.384. The first-order valence-electron chi connectivity index (χ1n) is 9.96. The summed E-state index contributed by atoms with van der Waals surface area (Å²) in [5.74, 6) is 1.02. The van der Waals surface area contributed by atoms with Gasteiger partial charge in [0.05, 0.1) is 11.0 Å². The van der Waals surface area contributed by atoms with Crippen molar-refractivity contribution in [3.63, 3.8) is 0 Å². The number of hydrogen-bond acceptors (Lipinski definition) is 10. The average Bonchev–Trinajstić information content (AvgIpc) is 3.26. The molecular formula is C22H17N5O7. The molecule has 2 aromatic carbocycles. The van der Waals surface area contributed by atoms with Crippen LogP contribution in [0.25, 0.3) is 6.08 Å². The second-order valence-corrected chi connectivity index (χ2v) is 6.98. The number of ether oxygens (including phenoxy) is 3. The van der Waals surface area contributed by atoms with Crippen molar-refractivity contribution in [2.45, 2.75) is 13.5 Å². The molecule has 0 fully saturated rings. The van der Waals surface area contributed by atoms with Crippen molar-refractivity contribution < 1.29 is 28.5 Å². The van der Waals surface area contributed by atoms with Crippen LogP contribution in [0.3, 0.4) is 0 Å². The van der Waals surface area contributed by atoms with Crippen molar-refractivity contribution in [1.29, 1.82) is 5.26 Å². The van der Waals surface area contributed by atoms with Crippen LogP contribution in [0.15, 0.2) is 46.5 Å². The SMILES string of the molecule is Cc1nc(COc2ccc(/C=C(/C#N)C(=O)Nc3cc4c(cc3[N+](=O)[O-])OCCO4)cc2)no1. The van der Waals surface area contributed by atoms with Crippen LogP contribution in [-0.4, -0.2) is 34.2 Å². The third-order valence-corrected chi connectivity index (χ3v) is 4.60. The molecule has 1 aliphatic heterocycles. The number of benzene rings is 2. The molecule has 0 saturated carbocycles. The van der Waals surface area contributed by atoms with Gasteiger partial charge in [0.2, 0.25) is 11.7 Å². The number of fused-ring (bicyclic) bond motifs is 1. The van der Waals surface area contributed by atoms with E-state index in [0.717, 1.165) is 0 Å². The molecule has 1 aliphatic rings. The molecule has 12 nitrogen and oxygen atoms in total. The Kier molecular flexibility index (Phi) is 6.35. The molecule has 1 aromatic heterocycles. The number of nitrogens with one attached hydrogen (secondary N) is 1. The Morgan fingerprint density at radius 1 is 1.26 bits per heavy atom. The van der Waals surface area contributed by atoms with E-state index in [1.165, 1.54) is 18.2 Å². The number of carbonyl (C=O) groups excluding carboxylic acids is 1. The number of nitriles is 1. The zero-order valence-electron chi connectivity index (χ0n) is 17.8. The first kappa shape index (κ1) is 22.3. The number of amides is 1. The topological polar surface area (TPSA) is 163 Å². The molecule has 2 heterocycles. The Bertz CT molecular complexity index is 1310. The zero-order chi connectivity index (χ0) is 24.1. The first-order chi connectivity index (χ1) is 16.4. The number of carbonyl (C=O) groups is 1. The van der Waals surface area contributed by atoms with Gasteiger partial charge in [-0.15, -0.1) is 0 Å². The van der Waals surface area contributed by atoms with Gasteiger partial charge in [-0.05, 0) is 23.8 Å². The van der Waals surface area contributed by atoms with Gasteiger partial charge in [-0.2, -0.15) is 10.2 Å². The maximum Gasteiger partial charge on any atom is 0.296 e. The van der Waals surface area contributed by atoms with Gasteiger partial charge in [-0.25, -0.2) is 0 Å². The maximum atomic E-state index is 12.7. The molecule has 1 N–H and O–H groups in total. The van der Waals surface area contributed by atoms with E-state index < -0.39 is 10.8 Å². The van der Waals surface area contributed by atoms with Crippen LogP contribution in [-0.2, 0) is 11.4 Å². The van der Waals surface area contributed by atoms with Crippen molar-refractivity contribution in [1.82, 2.24) is 10.1 Å². The summed E-state index contributed by atoms with van der Waals surface area (Å²) in [6.45, 7) is 2.33. The van der Waals surface area contributed by atoms with Gasteiger partial charge in [-0.1, -0.05) is 17.3 Å². The van der Waals surface area contributed by atoms with Gasteiger partial charge >= 0.3 is 0 Å². The minimum atomic E-state index is -0.810. The van der Waals surface area contributed by atoms with Gasteiger partial charge < -0.3 is 24.1 Å². The van der Waals surface area contributed by atoms with Crippen LogP contribution in [0.2, 0.25) is 0 Å². The number of aromatic nitrogens is 2. The molecular weight excluding hydrogens is 446 g/mol. The Morgan fingerprint density at radius 2 is 1.97 bits per heavy atom. The van der Waals surface area contributed by atoms with E-state index in [2.05, 4.69) is 15.5 Å². The number of aryl methyl sites for hydroxylation is 1. The molecule has 1 amide bonds. The first-order valence-corrected chi connectivity index (χ1v) is 9.96. The number of anilines is 1. The van der Waals surface area contributed by atoms with Gasteiger partial charge in [0, 0.05) is 13.0 Å². The molecule has 3 aromatic rings. The van der Waals surface area contributed by atoms with E-state index in [0.29, 0.717) is 23.0 Å². The van der Waals surface area contributed by atoms with E-state index in [4.69, 9.17) is 18.7 Å². The number of rotatable bonds is 7. The van der Waals surface area contributed by atoms with Crippen molar-refractivity contribution in [3.8, 4) is 23.3 Å². The predicted molar refractivity (Wildman–Crippen MR) is 116 cm³/mol. The van der Waals surface area contributed by atoms with Crippen LogP contribution in [0.1, 0.15) is 17.3 Å². The van der Waals surface area contributed by atoms with E-state index in [-0.39, 0.29) is 48.3 Å². The van der Waals surface area contributed by atoms with Crippen molar-refractivity contribution in [2.24, 2.45) is 0 Å². The van der Waals surface area contributed by atoms with Crippen LogP contribution < -0.4 is 19.5 Å². The largest absolute Gasteiger partial charge is 0.486 e. The second-order valence-electron chi connectivity index (χ2n) is 6.98. The highest BCUT2D eigenvalue weighted by Crippen LogP contribution is 2.39. The van der Waals surface area contributed by atoms with Crippen LogP contribution >= 0.6 is 0 Å². The van der Waals surface area contributed by atoms with Gasteiger partial charge in [0.1, 0.15) is 36.3 Å². The molecule has 0 bridgehead atoms. The van der Waals surface area contributed by atoms with Crippen molar-refractivity contribution in [2.75, 3.05) is 18.5 Å². The number of nitrogens with zero attached hydrogens (tertiary/aromatic N) is 4. The third kappa shape index (κ3) is 5.10. The summed E-state index contributed by atoms with van der Waals surface area (Å²) in [7, 11) is 0. The lowest BCUT2D eigenvalue weighted by atomic mass is 10.1. The highest BCUT2D eigenvalue weighted by molar-refractivity contribution is 6.10. The fourth-order valence-electron chi connectivity index (χ4n) is 3.04. The predicted octanol–water partition coefficient (Wildman–Crippen LogP) is 3.18. The highest BCUT2D eigenvalue weighted by atomic mass is 16.6. The van der Waals surface area contributed by atoms with E-state index in [1.807, 2.05) is 6.07 Å². The standard InChI is InChI=1S/C22H17N5O7/c1-13-24-21(26-34-13)12-33-16-4-2-14(3-5-16)8-15(11-23)22(28)25-17-9-19-20(32-7-6-31-19)10-18(17)27(29)30/h2-5,8-10H,6-7,12H2,1H3,(H,25,28)/b15-8-. The molecule has 0 saturated heterocycles. The molecule has 0 aliphatic carbocycles. The lowest BCUT2D eigenvalue weighted by Gasteiger charge is -2.19. The molecule has 0 radical (unpaired) electrons. The van der Waals surface area contributed by atoms with E-state index in [9.17, 15) is 20.2 Å². The van der Waals surface area contributed by atoms with Gasteiger partial charge in [0.25, 0.3) is 11.6 Å². The molecule has 34 heavy (non-hydrogen) atoms. The smallest absolute Gasteiger partial charge is 0.296 e. The Balaban J connectivity index is 1.48. The summed E-state index contributed by atoms with van der Waals surface area (Å²) in [5, 5.41) is 27.1. The van der Waals surface area contributed by atoms with Crippen LogP contribution in [0, 0.1) is 28.4 Å². The normalized spacial score (nSPS) is 12.5. The number of hydrogen-bond donors (Lipinski definition) is 1. The van der Waals surface area contributed by atoms with Crippen molar-refractivity contribution in [3.05, 3.63) is 69.4 Å². The zero-order valence-corrected chi connectivity index (χ0v) is 17.8. The number of nitro groups is 1. The molecule has 4 rings (SSSR count). The quantitative estimate of drug-likeness (QED) is 0.238. The summed E-state index contributed by atoms with van der Waals surface area (Å²) in [4.78, 5) is 27.5. The molecule has 0 spiro atoms. The summed E-state index contributed by atoms with van der Waals surface area (Å²) < 4.78 is 21.2. The minimum absolute atomic E-state index is 0.110. The summed E-state index contributed by atoms with van der Waals surface area (Å²) in [6.07, 6.45) is 1.35. The van der Waals surface area contributed by atoms with Crippen molar-refractivity contribution >= 4 is 23.4 Å². The Labute approximate surface area is 192 Å². The molecule has 0 atom stereocenters. The maximum absolute atomic E-state index is 12.7. The summed E-state index contributed by atoms with van der Waals surface area (Å²) >= 11 is 0. The Morgan fingerprint density at radius 3 is 2.59 bits per heavy atom. The van der Waals surface area contributed by atoms with Crippen LogP contribution in [0.4, 0.5) is 11.4 Å². The summed E-state index contributed by atoms with van der Waals surface area (Å²) in [5.41, 5.74) is -0.194. The summed E-state index contributed by atoms with van der Waals surface area (Å²) in [6, 6.07) is 10.9. The van der Waals surface area contributed by atoms with E-state index in [1.54, 1.807) is 31.2 Å². The fourth-order valence-corrected chi connectivity index (χ4v) is 3.04. The second kappa shape index (κ2) is 9.70. The monoisotopic (exact) mass is 463 g/mol. The van der Waals surface area contributed by atoms with Gasteiger partial charge in [0.15, 0.2) is 18.1 Å². The van der Waals surface area contributed by atoms with E-state index >= 15 is 0 Å².